The maximum Gasteiger partial charge on any atom is 0.264 e. The van der Waals surface area contributed by atoms with E-state index in [-0.39, 0.29) is 10.6 Å². The van der Waals surface area contributed by atoms with Crippen LogP contribution in [-0.4, -0.2) is 38.8 Å². The number of amides is 1. The molecule has 3 aromatic carbocycles. The van der Waals surface area contributed by atoms with E-state index in [1.165, 1.54) is 30.4 Å². The molecule has 0 fully saturated rings. The SMILES string of the molecule is COc1ccc(C)cc1N(CC(=O)N/N=C\c1cc(C)n(-c2ccc(C)c(C)c2)c1C)S(=O)(=O)c1ccccc1. The van der Waals surface area contributed by atoms with Crippen LogP contribution in [0.1, 0.15) is 33.6 Å². The molecule has 0 aliphatic carbocycles. The first-order valence-electron chi connectivity index (χ1n) is 12.8. The fourth-order valence-electron chi connectivity index (χ4n) is 4.53. The highest BCUT2D eigenvalue weighted by atomic mass is 32.2. The molecule has 0 spiro atoms. The molecule has 1 amide bonds. The molecule has 208 valence electrons. The van der Waals surface area contributed by atoms with E-state index in [0.29, 0.717) is 5.75 Å². The second kappa shape index (κ2) is 11.8. The Morgan fingerprint density at radius 3 is 2.35 bits per heavy atom. The molecule has 40 heavy (non-hydrogen) atoms. The highest BCUT2D eigenvalue weighted by Gasteiger charge is 2.29. The number of carbonyl (C=O) groups excluding carboxylic acids is 1. The van der Waals surface area contributed by atoms with E-state index >= 15 is 0 Å². The average Bonchev–Trinajstić information content (AvgIpc) is 3.21. The maximum absolute atomic E-state index is 13.7. The standard InChI is InChI=1S/C31H34N4O4S/c1-21-12-15-30(39-6)29(16-21)34(40(37,38)28-10-8-7-9-11-28)20-31(36)33-32-19-26-18-24(4)35(25(26)5)27-14-13-22(2)23(3)17-27/h7-19H,20H2,1-6H3,(H,33,36)/b32-19-. The molecule has 0 aliphatic heterocycles. The zero-order valence-corrected chi connectivity index (χ0v) is 24.4. The van der Waals surface area contributed by atoms with Crippen LogP contribution in [0.15, 0.2) is 82.8 Å². The summed E-state index contributed by atoms with van der Waals surface area (Å²) in [6, 6.07) is 21.5. The van der Waals surface area contributed by atoms with E-state index < -0.39 is 22.5 Å². The molecule has 1 N–H and O–H groups in total. The van der Waals surface area contributed by atoms with Gasteiger partial charge in [-0.2, -0.15) is 5.10 Å². The van der Waals surface area contributed by atoms with Crippen molar-refractivity contribution in [2.24, 2.45) is 5.10 Å². The molecule has 0 radical (unpaired) electrons. The Morgan fingerprint density at radius 2 is 1.68 bits per heavy atom. The molecule has 0 unspecified atom stereocenters. The Hall–Kier alpha value is -4.37. The van der Waals surface area contributed by atoms with Crippen LogP contribution in [0.5, 0.6) is 5.75 Å². The summed E-state index contributed by atoms with van der Waals surface area (Å²) >= 11 is 0. The van der Waals surface area contributed by atoms with E-state index in [0.717, 1.165) is 32.5 Å². The molecule has 0 aliphatic rings. The molecule has 8 nitrogen and oxygen atoms in total. The third kappa shape index (κ3) is 5.94. The number of ether oxygens (including phenoxy) is 1. The second-order valence-electron chi connectivity index (χ2n) is 9.72. The highest BCUT2D eigenvalue weighted by Crippen LogP contribution is 2.33. The number of hydrazone groups is 1. The Morgan fingerprint density at radius 1 is 0.950 bits per heavy atom. The van der Waals surface area contributed by atoms with Gasteiger partial charge >= 0.3 is 0 Å². The van der Waals surface area contributed by atoms with Gasteiger partial charge in [0.2, 0.25) is 0 Å². The number of carbonyl (C=O) groups is 1. The van der Waals surface area contributed by atoms with E-state index in [1.54, 1.807) is 36.5 Å². The predicted molar refractivity (Wildman–Crippen MR) is 159 cm³/mol. The van der Waals surface area contributed by atoms with Gasteiger partial charge in [0.25, 0.3) is 15.9 Å². The number of anilines is 1. The number of sulfonamides is 1. The first-order valence-corrected chi connectivity index (χ1v) is 14.3. The lowest BCUT2D eigenvalue weighted by Crippen LogP contribution is -2.39. The fourth-order valence-corrected chi connectivity index (χ4v) is 5.98. The summed E-state index contributed by atoms with van der Waals surface area (Å²) in [6.45, 7) is 9.52. The summed E-state index contributed by atoms with van der Waals surface area (Å²) < 4.78 is 35.9. The number of benzene rings is 3. The van der Waals surface area contributed by atoms with Crippen LogP contribution >= 0.6 is 0 Å². The van der Waals surface area contributed by atoms with Crippen LogP contribution in [0.25, 0.3) is 5.69 Å². The molecule has 0 saturated carbocycles. The van der Waals surface area contributed by atoms with Crippen molar-refractivity contribution in [1.29, 1.82) is 0 Å². The normalized spacial score (nSPS) is 11.6. The smallest absolute Gasteiger partial charge is 0.264 e. The van der Waals surface area contributed by atoms with Crippen molar-refractivity contribution in [2.75, 3.05) is 18.0 Å². The summed E-state index contributed by atoms with van der Waals surface area (Å²) in [5.41, 5.74) is 9.89. The summed E-state index contributed by atoms with van der Waals surface area (Å²) in [4.78, 5) is 13.1. The quantitative estimate of drug-likeness (QED) is 0.221. The van der Waals surface area contributed by atoms with Crippen molar-refractivity contribution in [3.05, 3.63) is 106 Å². The number of nitrogens with one attached hydrogen (secondary N) is 1. The van der Waals surface area contributed by atoms with E-state index in [4.69, 9.17) is 4.74 Å². The Kier molecular flexibility index (Phi) is 8.44. The number of aromatic nitrogens is 1. The second-order valence-corrected chi connectivity index (χ2v) is 11.6. The third-order valence-electron chi connectivity index (χ3n) is 6.83. The van der Waals surface area contributed by atoms with E-state index in [2.05, 4.69) is 47.1 Å². The minimum absolute atomic E-state index is 0.0636. The van der Waals surface area contributed by atoms with Crippen molar-refractivity contribution in [2.45, 2.75) is 39.5 Å². The van der Waals surface area contributed by atoms with E-state index in [9.17, 15) is 13.2 Å². The molecular weight excluding hydrogens is 524 g/mol. The van der Waals surface area contributed by atoms with Gasteiger partial charge in [0.1, 0.15) is 12.3 Å². The van der Waals surface area contributed by atoms with Crippen LogP contribution in [0.3, 0.4) is 0 Å². The van der Waals surface area contributed by atoms with Gasteiger partial charge in [0, 0.05) is 22.6 Å². The monoisotopic (exact) mass is 558 g/mol. The van der Waals surface area contributed by atoms with Crippen molar-refractivity contribution in [3.63, 3.8) is 0 Å². The summed E-state index contributed by atoms with van der Waals surface area (Å²) in [5, 5.41) is 4.15. The van der Waals surface area contributed by atoms with Crippen LogP contribution in [0.2, 0.25) is 0 Å². The van der Waals surface area contributed by atoms with Crippen molar-refractivity contribution < 1.29 is 17.9 Å². The fraction of sp³-hybridized carbons (Fsp3) is 0.226. The number of nitrogens with zero attached hydrogens (tertiary/aromatic N) is 3. The van der Waals surface area contributed by atoms with E-state index in [1.807, 2.05) is 32.9 Å². The molecule has 4 rings (SSSR count). The lowest BCUT2D eigenvalue weighted by atomic mass is 10.1. The molecule has 1 heterocycles. The molecule has 9 heteroatoms. The number of methoxy groups -OCH3 is 1. The average molecular weight is 559 g/mol. The molecule has 0 bridgehead atoms. The van der Waals surface area contributed by atoms with Gasteiger partial charge in [-0.25, -0.2) is 13.8 Å². The van der Waals surface area contributed by atoms with Gasteiger partial charge in [-0.15, -0.1) is 0 Å². The van der Waals surface area contributed by atoms with Crippen LogP contribution in [0.4, 0.5) is 5.69 Å². The largest absolute Gasteiger partial charge is 0.495 e. The Bertz CT molecular complexity index is 1680. The molecule has 1 aromatic heterocycles. The van der Waals surface area contributed by atoms with Crippen LogP contribution in [-0.2, 0) is 14.8 Å². The lowest BCUT2D eigenvalue weighted by Gasteiger charge is -2.25. The minimum Gasteiger partial charge on any atom is -0.495 e. The Balaban J connectivity index is 1.59. The molecule has 0 saturated heterocycles. The molecule has 0 atom stereocenters. The highest BCUT2D eigenvalue weighted by molar-refractivity contribution is 7.92. The molecule has 4 aromatic rings. The minimum atomic E-state index is -4.08. The zero-order chi connectivity index (χ0) is 29.0. The van der Waals surface area contributed by atoms with Gasteiger partial charge < -0.3 is 9.30 Å². The summed E-state index contributed by atoms with van der Waals surface area (Å²) in [6.07, 6.45) is 1.57. The van der Waals surface area contributed by atoms with Crippen molar-refractivity contribution in [3.8, 4) is 11.4 Å². The predicted octanol–water partition coefficient (Wildman–Crippen LogP) is 5.37. The Labute approximate surface area is 236 Å². The summed E-state index contributed by atoms with van der Waals surface area (Å²) in [7, 11) is -2.63. The zero-order valence-electron chi connectivity index (χ0n) is 23.6. The number of aryl methyl sites for hydroxylation is 4. The van der Waals surface area contributed by atoms with Crippen LogP contribution < -0.4 is 14.5 Å². The van der Waals surface area contributed by atoms with Gasteiger partial charge in [0.15, 0.2) is 0 Å². The van der Waals surface area contributed by atoms with Crippen molar-refractivity contribution in [1.82, 2.24) is 9.99 Å². The van der Waals surface area contributed by atoms with Gasteiger partial charge in [-0.1, -0.05) is 30.3 Å². The maximum atomic E-state index is 13.7. The lowest BCUT2D eigenvalue weighted by molar-refractivity contribution is -0.119. The summed E-state index contributed by atoms with van der Waals surface area (Å²) in [5.74, 6) is -0.262. The molecular formula is C31H34N4O4S. The van der Waals surface area contributed by atoms with Crippen LogP contribution in [0, 0.1) is 34.6 Å². The first-order chi connectivity index (χ1) is 19.0. The topological polar surface area (TPSA) is 93.0 Å². The number of hydrogen-bond acceptors (Lipinski definition) is 5. The number of hydrogen-bond donors (Lipinski definition) is 1. The third-order valence-corrected chi connectivity index (χ3v) is 8.61. The number of rotatable bonds is 9. The van der Waals surface area contributed by atoms with Gasteiger partial charge in [0.05, 0.1) is 23.9 Å². The van der Waals surface area contributed by atoms with Gasteiger partial charge in [-0.3, -0.25) is 9.10 Å². The van der Waals surface area contributed by atoms with Gasteiger partial charge in [-0.05, 0) is 93.8 Å². The first kappa shape index (κ1) is 28.6. The van der Waals surface area contributed by atoms with Crippen molar-refractivity contribution >= 4 is 27.8 Å².